The minimum absolute atomic E-state index is 0.929. The van der Waals surface area contributed by atoms with Crippen molar-refractivity contribution in [2.24, 2.45) is 0 Å². The van der Waals surface area contributed by atoms with E-state index < -0.39 is 5.60 Å². The fraction of sp³-hybridized carbons (Fsp3) is 0.280. The van der Waals surface area contributed by atoms with Gasteiger partial charge in [-0.1, -0.05) is 93.6 Å². The third-order valence-corrected chi connectivity index (χ3v) is 5.26. The van der Waals surface area contributed by atoms with Crippen molar-refractivity contribution in [1.82, 2.24) is 0 Å². The second-order valence-corrected chi connectivity index (χ2v) is 6.87. The number of aryl methyl sites for hydroxylation is 3. The molecule has 0 aliphatic carbocycles. The third kappa shape index (κ3) is 3.45. The lowest BCUT2D eigenvalue weighted by Crippen LogP contribution is -2.29. The SMILES string of the molecule is CCc1cccc(C(O)(c2cccc(CC)c2)c2cccc(CC)c2)c1. The number of aliphatic hydroxyl groups is 1. The van der Waals surface area contributed by atoms with Crippen molar-refractivity contribution in [1.29, 1.82) is 0 Å². The van der Waals surface area contributed by atoms with E-state index >= 15 is 0 Å². The maximum atomic E-state index is 12.1. The van der Waals surface area contributed by atoms with Crippen molar-refractivity contribution in [2.75, 3.05) is 0 Å². The summed E-state index contributed by atoms with van der Waals surface area (Å²) in [5.41, 5.74) is 5.34. The Morgan fingerprint density at radius 1 is 0.577 bits per heavy atom. The molecule has 0 radical (unpaired) electrons. The lowest BCUT2D eigenvalue weighted by atomic mass is 9.78. The first-order valence-electron chi connectivity index (χ1n) is 9.62. The van der Waals surface area contributed by atoms with Crippen molar-refractivity contribution < 1.29 is 5.11 Å². The summed E-state index contributed by atoms with van der Waals surface area (Å²) in [4.78, 5) is 0. The zero-order chi connectivity index (χ0) is 18.6. The molecule has 0 saturated heterocycles. The molecular formula is C25H28O. The van der Waals surface area contributed by atoms with Gasteiger partial charge in [-0.05, 0) is 52.6 Å². The van der Waals surface area contributed by atoms with Crippen LogP contribution >= 0.6 is 0 Å². The van der Waals surface area contributed by atoms with E-state index in [2.05, 4.69) is 57.2 Å². The fourth-order valence-electron chi connectivity index (χ4n) is 3.55. The number of hydrogen-bond donors (Lipinski definition) is 1. The summed E-state index contributed by atoms with van der Waals surface area (Å²) in [7, 11) is 0. The monoisotopic (exact) mass is 344 g/mol. The van der Waals surface area contributed by atoms with E-state index in [0.717, 1.165) is 36.0 Å². The Hall–Kier alpha value is -2.38. The van der Waals surface area contributed by atoms with Gasteiger partial charge >= 0.3 is 0 Å². The molecule has 0 amide bonds. The van der Waals surface area contributed by atoms with Gasteiger partial charge in [0.1, 0.15) is 5.60 Å². The molecular weight excluding hydrogens is 316 g/mol. The average molecular weight is 344 g/mol. The predicted octanol–water partition coefficient (Wildman–Crippen LogP) is 5.66. The van der Waals surface area contributed by atoms with Crippen molar-refractivity contribution in [3.63, 3.8) is 0 Å². The number of benzene rings is 3. The Kier molecular flexibility index (Phi) is 5.58. The highest BCUT2D eigenvalue weighted by Gasteiger charge is 2.34. The van der Waals surface area contributed by atoms with E-state index in [-0.39, 0.29) is 0 Å². The molecule has 3 aromatic carbocycles. The van der Waals surface area contributed by atoms with Gasteiger partial charge in [0, 0.05) is 0 Å². The van der Waals surface area contributed by atoms with Crippen LogP contribution in [0, 0.1) is 0 Å². The zero-order valence-corrected chi connectivity index (χ0v) is 16.0. The molecule has 0 aliphatic heterocycles. The number of rotatable bonds is 6. The molecule has 1 N–H and O–H groups in total. The van der Waals surface area contributed by atoms with Crippen LogP contribution in [0.4, 0.5) is 0 Å². The first-order valence-corrected chi connectivity index (χ1v) is 9.62. The van der Waals surface area contributed by atoms with Crippen LogP contribution in [0.3, 0.4) is 0 Å². The van der Waals surface area contributed by atoms with Gasteiger partial charge in [0.05, 0.1) is 0 Å². The molecule has 0 unspecified atom stereocenters. The van der Waals surface area contributed by atoms with Crippen LogP contribution in [-0.4, -0.2) is 5.11 Å². The van der Waals surface area contributed by atoms with Crippen molar-refractivity contribution in [2.45, 2.75) is 45.6 Å². The highest BCUT2D eigenvalue weighted by Crippen LogP contribution is 2.38. The second kappa shape index (κ2) is 7.88. The highest BCUT2D eigenvalue weighted by molar-refractivity contribution is 5.49. The van der Waals surface area contributed by atoms with Crippen LogP contribution in [0.25, 0.3) is 0 Å². The van der Waals surface area contributed by atoms with E-state index in [4.69, 9.17) is 0 Å². The minimum Gasteiger partial charge on any atom is -0.376 e. The smallest absolute Gasteiger partial charge is 0.140 e. The van der Waals surface area contributed by atoms with Gasteiger partial charge in [-0.2, -0.15) is 0 Å². The summed E-state index contributed by atoms with van der Waals surface area (Å²) < 4.78 is 0. The second-order valence-electron chi connectivity index (χ2n) is 6.87. The molecule has 1 nitrogen and oxygen atoms in total. The molecule has 0 heterocycles. The topological polar surface area (TPSA) is 20.2 Å². The van der Waals surface area contributed by atoms with Gasteiger partial charge in [0.2, 0.25) is 0 Å². The highest BCUT2D eigenvalue weighted by atomic mass is 16.3. The van der Waals surface area contributed by atoms with E-state index in [1.54, 1.807) is 0 Å². The van der Waals surface area contributed by atoms with Crippen LogP contribution in [-0.2, 0) is 24.9 Å². The zero-order valence-electron chi connectivity index (χ0n) is 16.0. The molecule has 26 heavy (non-hydrogen) atoms. The molecule has 1 heteroatoms. The molecule has 3 rings (SSSR count). The molecule has 3 aromatic rings. The predicted molar refractivity (Wildman–Crippen MR) is 110 cm³/mol. The lowest BCUT2D eigenvalue weighted by Gasteiger charge is -2.31. The Morgan fingerprint density at radius 3 is 1.15 bits per heavy atom. The largest absolute Gasteiger partial charge is 0.376 e. The van der Waals surface area contributed by atoms with Gasteiger partial charge in [-0.15, -0.1) is 0 Å². The van der Waals surface area contributed by atoms with Crippen LogP contribution in [0.5, 0.6) is 0 Å². The van der Waals surface area contributed by atoms with Crippen molar-refractivity contribution in [3.05, 3.63) is 106 Å². The minimum atomic E-state index is -1.15. The maximum Gasteiger partial charge on any atom is 0.140 e. The fourth-order valence-corrected chi connectivity index (χ4v) is 3.55. The molecule has 0 saturated carbocycles. The van der Waals surface area contributed by atoms with Crippen LogP contribution < -0.4 is 0 Å². The van der Waals surface area contributed by atoms with Crippen LogP contribution in [0.2, 0.25) is 0 Å². The maximum absolute atomic E-state index is 12.1. The van der Waals surface area contributed by atoms with Gasteiger partial charge in [-0.25, -0.2) is 0 Å². The van der Waals surface area contributed by atoms with Gasteiger partial charge in [0.15, 0.2) is 0 Å². The van der Waals surface area contributed by atoms with E-state index in [1.807, 2.05) is 36.4 Å². The summed E-state index contributed by atoms with van der Waals surface area (Å²) in [5, 5.41) is 12.1. The van der Waals surface area contributed by atoms with Crippen LogP contribution in [0.15, 0.2) is 72.8 Å². The summed E-state index contributed by atoms with van der Waals surface area (Å²) >= 11 is 0. The molecule has 134 valence electrons. The van der Waals surface area contributed by atoms with Gasteiger partial charge < -0.3 is 5.11 Å². The Bertz CT molecular complexity index is 763. The normalized spacial score (nSPS) is 11.5. The summed E-state index contributed by atoms with van der Waals surface area (Å²) in [6.07, 6.45) is 2.86. The first-order chi connectivity index (χ1) is 12.6. The summed E-state index contributed by atoms with van der Waals surface area (Å²) in [5.74, 6) is 0. The van der Waals surface area contributed by atoms with Crippen molar-refractivity contribution >= 4 is 0 Å². The Labute approximate surface area is 157 Å². The van der Waals surface area contributed by atoms with E-state index in [1.165, 1.54) is 16.7 Å². The summed E-state index contributed by atoms with van der Waals surface area (Å²) in [6, 6.07) is 25.0. The standard InChI is InChI=1S/C25H28O/c1-4-19-10-7-13-22(16-19)25(26,23-14-8-11-20(5-2)17-23)24-15-9-12-21(6-3)18-24/h7-18,26H,4-6H2,1-3H3. The molecule has 0 spiro atoms. The lowest BCUT2D eigenvalue weighted by molar-refractivity contribution is 0.125. The molecule has 0 atom stereocenters. The average Bonchev–Trinajstić information content (AvgIpc) is 2.73. The molecule has 0 fully saturated rings. The van der Waals surface area contributed by atoms with Crippen molar-refractivity contribution in [3.8, 4) is 0 Å². The molecule has 0 aromatic heterocycles. The summed E-state index contributed by atoms with van der Waals surface area (Å²) in [6.45, 7) is 6.44. The van der Waals surface area contributed by atoms with E-state index in [0.29, 0.717) is 0 Å². The van der Waals surface area contributed by atoms with Gasteiger partial charge in [0.25, 0.3) is 0 Å². The molecule has 0 aliphatic rings. The quantitative estimate of drug-likeness (QED) is 0.572. The third-order valence-electron chi connectivity index (χ3n) is 5.26. The first kappa shape index (κ1) is 18.4. The van der Waals surface area contributed by atoms with Gasteiger partial charge in [-0.3, -0.25) is 0 Å². The van der Waals surface area contributed by atoms with Crippen LogP contribution in [0.1, 0.15) is 54.2 Å². The number of hydrogen-bond acceptors (Lipinski definition) is 1. The molecule has 0 bridgehead atoms. The van der Waals surface area contributed by atoms with E-state index in [9.17, 15) is 5.11 Å². The Balaban J connectivity index is 2.26. The Morgan fingerprint density at radius 2 is 0.885 bits per heavy atom.